The van der Waals surface area contributed by atoms with Crippen LogP contribution in [0.4, 0.5) is 5.82 Å². The van der Waals surface area contributed by atoms with Crippen LogP contribution < -0.4 is 10.2 Å². The van der Waals surface area contributed by atoms with Crippen LogP contribution in [0.5, 0.6) is 0 Å². The normalized spacial score (nSPS) is 14.7. The van der Waals surface area contributed by atoms with Crippen molar-refractivity contribution in [1.82, 2.24) is 10.3 Å². The summed E-state index contributed by atoms with van der Waals surface area (Å²) < 4.78 is 5.13. The molecule has 106 valence electrons. The van der Waals surface area contributed by atoms with Gasteiger partial charge in [0.15, 0.2) is 0 Å². The summed E-state index contributed by atoms with van der Waals surface area (Å²) in [4.78, 5) is 6.61. The number of hydrogen-bond donors (Lipinski definition) is 1. The first-order valence-corrected chi connectivity index (χ1v) is 7.24. The summed E-state index contributed by atoms with van der Waals surface area (Å²) in [7, 11) is 1.72. The first-order valence-electron chi connectivity index (χ1n) is 6.86. The molecule has 1 aliphatic rings. The van der Waals surface area contributed by atoms with Crippen molar-refractivity contribution in [3.8, 4) is 0 Å². The van der Waals surface area contributed by atoms with Gasteiger partial charge in [-0.15, -0.1) is 0 Å². The number of halogens is 1. The van der Waals surface area contributed by atoms with Crippen LogP contribution >= 0.6 is 11.6 Å². The zero-order chi connectivity index (χ0) is 13.7. The number of ether oxygens (including phenoxy) is 1. The molecular formula is C14H22ClN3O. The fourth-order valence-corrected chi connectivity index (χ4v) is 2.12. The van der Waals surface area contributed by atoms with Gasteiger partial charge in [0, 0.05) is 39.0 Å². The SMILES string of the molecule is CCN(CCOC)c1cc(CNC2CC2)c(Cl)cn1. The van der Waals surface area contributed by atoms with Crippen LogP contribution in [-0.2, 0) is 11.3 Å². The maximum Gasteiger partial charge on any atom is 0.128 e. The molecule has 2 rings (SSSR count). The minimum Gasteiger partial charge on any atom is -0.383 e. The van der Waals surface area contributed by atoms with Crippen molar-refractivity contribution >= 4 is 17.4 Å². The molecule has 1 fully saturated rings. The molecule has 1 heterocycles. The number of nitrogens with zero attached hydrogens (tertiary/aromatic N) is 2. The predicted octanol–water partition coefficient (Wildman–Crippen LogP) is 2.46. The van der Waals surface area contributed by atoms with Gasteiger partial charge in [-0.3, -0.25) is 0 Å². The molecule has 0 spiro atoms. The summed E-state index contributed by atoms with van der Waals surface area (Å²) >= 11 is 6.21. The highest BCUT2D eigenvalue weighted by Crippen LogP contribution is 2.23. The average molecular weight is 284 g/mol. The number of likely N-dealkylation sites (N-methyl/N-ethyl adjacent to an activating group) is 1. The molecule has 1 N–H and O–H groups in total. The molecule has 0 bridgehead atoms. The Morgan fingerprint density at radius 2 is 2.32 bits per heavy atom. The number of aromatic nitrogens is 1. The van der Waals surface area contributed by atoms with Crippen LogP contribution in [0.25, 0.3) is 0 Å². The Balaban J connectivity index is 2.03. The third-order valence-electron chi connectivity index (χ3n) is 3.35. The van der Waals surface area contributed by atoms with Gasteiger partial charge in [-0.2, -0.15) is 0 Å². The zero-order valence-corrected chi connectivity index (χ0v) is 12.4. The number of rotatable bonds is 8. The fraction of sp³-hybridized carbons (Fsp3) is 0.643. The van der Waals surface area contributed by atoms with Crippen LogP contribution in [0, 0.1) is 0 Å². The topological polar surface area (TPSA) is 37.4 Å². The number of hydrogen-bond acceptors (Lipinski definition) is 4. The Bertz CT molecular complexity index is 410. The molecule has 0 amide bonds. The van der Waals surface area contributed by atoms with Crippen LogP contribution in [0.3, 0.4) is 0 Å². The molecule has 0 radical (unpaired) electrons. The molecule has 19 heavy (non-hydrogen) atoms. The van der Waals surface area contributed by atoms with Crippen LogP contribution in [0.1, 0.15) is 25.3 Å². The molecule has 1 aromatic rings. The van der Waals surface area contributed by atoms with Crippen molar-refractivity contribution in [2.75, 3.05) is 31.7 Å². The molecule has 0 saturated heterocycles. The van der Waals surface area contributed by atoms with Crippen molar-refractivity contribution in [3.63, 3.8) is 0 Å². The third-order valence-corrected chi connectivity index (χ3v) is 3.69. The van der Waals surface area contributed by atoms with Crippen molar-refractivity contribution in [2.24, 2.45) is 0 Å². The number of pyridine rings is 1. The van der Waals surface area contributed by atoms with Crippen molar-refractivity contribution in [2.45, 2.75) is 32.4 Å². The van der Waals surface area contributed by atoms with E-state index in [9.17, 15) is 0 Å². The van der Waals surface area contributed by atoms with Crippen LogP contribution in [0.15, 0.2) is 12.3 Å². The summed E-state index contributed by atoms with van der Waals surface area (Å²) in [5.41, 5.74) is 1.12. The van der Waals surface area contributed by atoms with E-state index in [0.29, 0.717) is 12.6 Å². The second-order valence-corrected chi connectivity index (χ2v) is 5.27. The molecule has 0 atom stereocenters. The van der Waals surface area contributed by atoms with Gasteiger partial charge in [-0.1, -0.05) is 11.6 Å². The quantitative estimate of drug-likeness (QED) is 0.795. The van der Waals surface area contributed by atoms with Gasteiger partial charge in [-0.25, -0.2) is 4.98 Å². The second kappa shape index (κ2) is 7.08. The third kappa shape index (κ3) is 4.34. The minimum absolute atomic E-state index is 0.684. The van der Waals surface area contributed by atoms with E-state index in [0.717, 1.165) is 36.0 Å². The molecule has 1 saturated carbocycles. The van der Waals surface area contributed by atoms with Gasteiger partial charge in [0.25, 0.3) is 0 Å². The van der Waals surface area contributed by atoms with Crippen LogP contribution in [-0.4, -0.2) is 37.8 Å². The van der Waals surface area contributed by atoms with E-state index in [1.54, 1.807) is 13.3 Å². The van der Waals surface area contributed by atoms with Crippen molar-refractivity contribution in [1.29, 1.82) is 0 Å². The maximum absolute atomic E-state index is 6.21. The predicted molar refractivity (Wildman–Crippen MR) is 78.9 cm³/mol. The lowest BCUT2D eigenvalue weighted by Crippen LogP contribution is -2.28. The van der Waals surface area contributed by atoms with Gasteiger partial charge >= 0.3 is 0 Å². The molecule has 5 heteroatoms. The minimum atomic E-state index is 0.684. The van der Waals surface area contributed by atoms with E-state index < -0.39 is 0 Å². The molecule has 0 aliphatic heterocycles. The van der Waals surface area contributed by atoms with E-state index in [1.807, 2.05) is 0 Å². The highest BCUT2D eigenvalue weighted by Gasteiger charge is 2.20. The van der Waals surface area contributed by atoms with Gasteiger partial charge < -0.3 is 15.0 Å². The lowest BCUT2D eigenvalue weighted by Gasteiger charge is -2.22. The number of methoxy groups -OCH3 is 1. The second-order valence-electron chi connectivity index (χ2n) is 4.86. The number of anilines is 1. The number of nitrogens with one attached hydrogen (secondary N) is 1. The summed E-state index contributed by atoms with van der Waals surface area (Å²) in [5, 5.41) is 4.22. The lowest BCUT2D eigenvalue weighted by molar-refractivity contribution is 0.205. The van der Waals surface area contributed by atoms with E-state index in [-0.39, 0.29) is 0 Å². The van der Waals surface area contributed by atoms with Gasteiger partial charge in [0.2, 0.25) is 0 Å². The largest absolute Gasteiger partial charge is 0.383 e. The molecular weight excluding hydrogens is 262 g/mol. The van der Waals surface area contributed by atoms with Gasteiger partial charge in [0.1, 0.15) is 5.82 Å². The highest BCUT2D eigenvalue weighted by atomic mass is 35.5. The van der Waals surface area contributed by atoms with Gasteiger partial charge in [0.05, 0.1) is 11.6 Å². The van der Waals surface area contributed by atoms with E-state index in [1.165, 1.54) is 12.8 Å². The zero-order valence-electron chi connectivity index (χ0n) is 11.7. The van der Waals surface area contributed by atoms with Crippen molar-refractivity contribution in [3.05, 3.63) is 22.8 Å². The molecule has 1 aliphatic carbocycles. The lowest BCUT2D eigenvalue weighted by atomic mass is 10.2. The molecule has 1 aromatic heterocycles. The smallest absolute Gasteiger partial charge is 0.128 e. The van der Waals surface area contributed by atoms with E-state index in [4.69, 9.17) is 16.3 Å². The Labute approximate surface area is 120 Å². The van der Waals surface area contributed by atoms with Gasteiger partial charge in [-0.05, 0) is 31.4 Å². The first-order chi connectivity index (χ1) is 9.24. The van der Waals surface area contributed by atoms with Crippen molar-refractivity contribution < 1.29 is 4.74 Å². The maximum atomic E-state index is 6.21. The highest BCUT2D eigenvalue weighted by molar-refractivity contribution is 6.31. The Morgan fingerprint density at radius 3 is 2.95 bits per heavy atom. The standard InChI is InChI=1S/C14H22ClN3O/c1-3-18(6-7-19-2)14-8-11(13(15)10-17-14)9-16-12-4-5-12/h8,10,12,16H,3-7,9H2,1-2H3. The summed E-state index contributed by atoms with van der Waals surface area (Å²) in [6.45, 7) is 5.40. The Kier molecular flexibility index (Phi) is 5.43. The molecule has 0 unspecified atom stereocenters. The van der Waals surface area contributed by atoms with E-state index >= 15 is 0 Å². The monoisotopic (exact) mass is 283 g/mol. The Hall–Kier alpha value is -0.840. The average Bonchev–Trinajstić information content (AvgIpc) is 3.24. The first kappa shape index (κ1) is 14.6. The molecule has 0 aromatic carbocycles. The summed E-state index contributed by atoms with van der Waals surface area (Å²) in [6.07, 6.45) is 4.31. The fourth-order valence-electron chi connectivity index (χ4n) is 1.95. The Morgan fingerprint density at radius 1 is 1.53 bits per heavy atom. The molecule has 4 nitrogen and oxygen atoms in total. The summed E-state index contributed by atoms with van der Waals surface area (Å²) in [5.74, 6) is 0.969. The summed E-state index contributed by atoms with van der Waals surface area (Å²) in [6, 6.07) is 2.76. The van der Waals surface area contributed by atoms with E-state index in [2.05, 4.69) is 28.2 Å². The van der Waals surface area contributed by atoms with Crippen LogP contribution in [0.2, 0.25) is 5.02 Å².